The van der Waals surface area contributed by atoms with Crippen LogP contribution in [0.25, 0.3) is 0 Å². The standard InChI is InChI=1S/C17H20N2O3S/c1-12-11-23-15(19-12)8-3-4-9-18-16(20)13-6-5-7-14(10-13)17(21)22-2/h5-7,10-11H,3-4,8-9H2,1-2H3,(H,18,20). The minimum absolute atomic E-state index is 0.180. The minimum atomic E-state index is -0.446. The first-order valence-electron chi connectivity index (χ1n) is 7.47. The van der Waals surface area contributed by atoms with Gasteiger partial charge in [0.25, 0.3) is 5.91 Å². The second-order valence-corrected chi connectivity index (χ2v) is 6.11. The Morgan fingerprint density at radius 1 is 1.26 bits per heavy atom. The largest absolute Gasteiger partial charge is 0.465 e. The van der Waals surface area contributed by atoms with Crippen LogP contribution in [0.15, 0.2) is 29.6 Å². The molecule has 5 nitrogen and oxygen atoms in total. The highest BCUT2D eigenvalue weighted by Crippen LogP contribution is 2.11. The molecule has 2 rings (SSSR count). The number of nitrogens with one attached hydrogen (secondary N) is 1. The molecule has 23 heavy (non-hydrogen) atoms. The number of aryl methyl sites for hydroxylation is 2. The van der Waals surface area contributed by atoms with E-state index in [-0.39, 0.29) is 5.91 Å². The van der Waals surface area contributed by atoms with Crippen molar-refractivity contribution in [1.82, 2.24) is 10.3 Å². The molecule has 0 aliphatic carbocycles. The molecule has 0 radical (unpaired) electrons. The number of rotatable bonds is 7. The SMILES string of the molecule is COC(=O)c1cccc(C(=O)NCCCCc2nc(C)cs2)c1. The number of carbonyl (C=O) groups excluding carboxylic acids is 2. The summed E-state index contributed by atoms with van der Waals surface area (Å²) < 4.78 is 4.65. The maximum atomic E-state index is 12.1. The Hall–Kier alpha value is -2.21. The van der Waals surface area contributed by atoms with E-state index < -0.39 is 5.97 Å². The van der Waals surface area contributed by atoms with E-state index in [9.17, 15) is 9.59 Å². The normalized spacial score (nSPS) is 10.3. The lowest BCUT2D eigenvalue weighted by Crippen LogP contribution is -2.24. The van der Waals surface area contributed by atoms with Gasteiger partial charge in [0.15, 0.2) is 0 Å². The Morgan fingerprint density at radius 3 is 2.74 bits per heavy atom. The molecule has 0 saturated heterocycles. The molecular formula is C17H20N2O3S. The number of ether oxygens (including phenoxy) is 1. The highest BCUT2D eigenvalue weighted by atomic mass is 32.1. The fraction of sp³-hybridized carbons (Fsp3) is 0.353. The fourth-order valence-electron chi connectivity index (χ4n) is 2.13. The number of thiazole rings is 1. The van der Waals surface area contributed by atoms with Crippen molar-refractivity contribution in [2.24, 2.45) is 0 Å². The van der Waals surface area contributed by atoms with Crippen LogP contribution < -0.4 is 5.32 Å². The topological polar surface area (TPSA) is 68.3 Å². The van der Waals surface area contributed by atoms with Crippen molar-refractivity contribution in [2.75, 3.05) is 13.7 Å². The molecule has 1 aromatic carbocycles. The molecule has 0 fully saturated rings. The van der Waals surface area contributed by atoms with Gasteiger partial charge in [-0.3, -0.25) is 4.79 Å². The molecule has 0 saturated carbocycles. The van der Waals surface area contributed by atoms with Crippen molar-refractivity contribution < 1.29 is 14.3 Å². The molecule has 1 N–H and O–H groups in total. The van der Waals surface area contributed by atoms with E-state index >= 15 is 0 Å². The molecule has 0 unspecified atom stereocenters. The number of esters is 1. The monoisotopic (exact) mass is 332 g/mol. The number of hydrogen-bond donors (Lipinski definition) is 1. The van der Waals surface area contributed by atoms with Crippen LogP contribution in [0.5, 0.6) is 0 Å². The van der Waals surface area contributed by atoms with E-state index in [1.807, 2.05) is 12.3 Å². The molecule has 2 aromatic rings. The van der Waals surface area contributed by atoms with Crippen LogP contribution in [0.2, 0.25) is 0 Å². The first kappa shape index (κ1) is 17.1. The number of benzene rings is 1. The van der Waals surface area contributed by atoms with Crippen LogP contribution in [0, 0.1) is 6.92 Å². The third-order valence-corrected chi connectivity index (χ3v) is 4.34. The molecule has 0 bridgehead atoms. The minimum Gasteiger partial charge on any atom is -0.465 e. The molecule has 1 aromatic heterocycles. The second-order valence-electron chi connectivity index (χ2n) is 5.17. The summed E-state index contributed by atoms with van der Waals surface area (Å²) in [6, 6.07) is 6.52. The van der Waals surface area contributed by atoms with E-state index in [0.717, 1.165) is 30.0 Å². The maximum absolute atomic E-state index is 12.1. The quantitative estimate of drug-likeness (QED) is 0.625. The Labute approximate surface area is 139 Å². The predicted molar refractivity (Wildman–Crippen MR) is 89.9 cm³/mol. The van der Waals surface area contributed by atoms with E-state index in [1.165, 1.54) is 7.11 Å². The van der Waals surface area contributed by atoms with E-state index in [1.54, 1.807) is 35.6 Å². The average molecular weight is 332 g/mol. The fourth-order valence-corrected chi connectivity index (χ4v) is 2.95. The van der Waals surface area contributed by atoms with Crippen molar-refractivity contribution >= 4 is 23.2 Å². The third-order valence-electron chi connectivity index (χ3n) is 3.32. The lowest BCUT2D eigenvalue weighted by molar-refractivity contribution is 0.0600. The van der Waals surface area contributed by atoms with Crippen molar-refractivity contribution in [1.29, 1.82) is 0 Å². The molecule has 122 valence electrons. The number of hydrogen-bond acceptors (Lipinski definition) is 5. The van der Waals surface area contributed by atoms with E-state index in [0.29, 0.717) is 17.7 Å². The molecule has 1 amide bonds. The highest BCUT2D eigenvalue weighted by Gasteiger charge is 2.10. The van der Waals surface area contributed by atoms with Crippen molar-refractivity contribution in [3.05, 3.63) is 51.5 Å². The lowest BCUT2D eigenvalue weighted by Gasteiger charge is -2.06. The summed E-state index contributed by atoms with van der Waals surface area (Å²) in [5.74, 6) is -0.626. The van der Waals surface area contributed by atoms with Gasteiger partial charge in [0, 0.05) is 23.2 Å². The van der Waals surface area contributed by atoms with Crippen LogP contribution in [-0.4, -0.2) is 30.5 Å². The van der Waals surface area contributed by atoms with Gasteiger partial charge in [0.2, 0.25) is 0 Å². The van der Waals surface area contributed by atoms with Crippen LogP contribution in [0.1, 0.15) is 44.3 Å². The van der Waals surface area contributed by atoms with Gasteiger partial charge >= 0.3 is 5.97 Å². The number of nitrogens with zero attached hydrogens (tertiary/aromatic N) is 1. The first-order chi connectivity index (χ1) is 11.1. The Balaban J connectivity index is 1.75. The summed E-state index contributed by atoms with van der Waals surface area (Å²) in [4.78, 5) is 27.9. The number of carbonyl (C=O) groups is 2. The van der Waals surface area contributed by atoms with Gasteiger partial charge in [-0.15, -0.1) is 11.3 Å². The zero-order chi connectivity index (χ0) is 16.7. The lowest BCUT2D eigenvalue weighted by atomic mass is 10.1. The van der Waals surface area contributed by atoms with Crippen molar-refractivity contribution in [3.8, 4) is 0 Å². The molecule has 0 atom stereocenters. The van der Waals surface area contributed by atoms with Crippen molar-refractivity contribution in [2.45, 2.75) is 26.2 Å². The van der Waals surface area contributed by atoms with Crippen molar-refractivity contribution in [3.63, 3.8) is 0 Å². The third kappa shape index (κ3) is 5.17. The van der Waals surface area contributed by atoms with Gasteiger partial charge in [-0.1, -0.05) is 6.07 Å². The number of unbranched alkanes of at least 4 members (excludes halogenated alkanes) is 1. The summed E-state index contributed by atoms with van der Waals surface area (Å²) in [6.07, 6.45) is 2.81. The molecule has 0 spiro atoms. The number of amides is 1. The van der Waals surface area contributed by atoms with E-state index in [2.05, 4.69) is 15.0 Å². The van der Waals surface area contributed by atoms with Crippen LogP contribution in [-0.2, 0) is 11.2 Å². The summed E-state index contributed by atoms with van der Waals surface area (Å²) in [7, 11) is 1.32. The Bertz CT molecular complexity index is 682. The highest BCUT2D eigenvalue weighted by molar-refractivity contribution is 7.09. The van der Waals surface area contributed by atoms with Crippen LogP contribution in [0.3, 0.4) is 0 Å². The zero-order valence-electron chi connectivity index (χ0n) is 13.3. The predicted octanol–water partition coefficient (Wildman–Crippen LogP) is 2.99. The maximum Gasteiger partial charge on any atom is 0.337 e. The average Bonchev–Trinajstić information content (AvgIpc) is 2.99. The van der Waals surface area contributed by atoms with Gasteiger partial charge in [-0.05, 0) is 44.4 Å². The van der Waals surface area contributed by atoms with Crippen LogP contribution in [0.4, 0.5) is 0 Å². The molecule has 0 aliphatic rings. The van der Waals surface area contributed by atoms with Gasteiger partial charge < -0.3 is 10.1 Å². The number of methoxy groups -OCH3 is 1. The summed E-state index contributed by atoms with van der Waals surface area (Å²) in [5.41, 5.74) is 1.89. The van der Waals surface area contributed by atoms with Gasteiger partial charge in [0.05, 0.1) is 17.7 Å². The van der Waals surface area contributed by atoms with Gasteiger partial charge in [-0.25, -0.2) is 9.78 Å². The zero-order valence-corrected chi connectivity index (χ0v) is 14.1. The Kier molecular flexibility index (Phi) is 6.29. The Morgan fingerprint density at radius 2 is 2.04 bits per heavy atom. The van der Waals surface area contributed by atoms with Crippen LogP contribution >= 0.6 is 11.3 Å². The molecule has 1 heterocycles. The molecule has 0 aliphatic heterocycles. The molecular weight excluding hydrogens is 312 g/mol. The second kappa shape index (κ2) is 8.43. The first-order valence-corrected chi connectivity index (χ1v) is 8.35. The number of aromatic nitrogens is 1. The van der Waals surface area contributed by atoms with Gasteiger partial charge in [0.1, 0.15) is 0 Å². The van der Waals surface area contributed by atoms with E-state index in [4.69, 9.17) is 0 Å². The smallest absolute Gasteiger partial charge is 0.337 e. The summed E-state index contributed by atoms with van der Waals surface area (Å²) in [6.45, 7) is 2.59. The van der Waals surface area contributed by atoms with Gasteiger partial charge in [-0.2, -0.15) is 0 Å². The molecule has 6 heteroatoms. The summed E-state index contributed by atoms with van der Waals surface area (Å²) >= 11 is 1.67. The summed E-state index contributed by atoms with van der Waals surface area (Å²) in [5, 5.41) is 6.05.